The molecule has 0 rings (SSSR count). The first kappa shape index (κ1) is 16.9. The lowest BCUT2D eigenvalue weighted by molar-refractivity contribution is -0.0842. The first-order valence-electron chi connectivity index (χ1n) is 6.51. The fourth-order valence-electron chi connectivity index (χ4n) is 1.84. The summed E-state index contributed by atoms with van der Waals surface area (Å²) in [5, 5.41) is 8.58. The maximum absolute atomic E-state index is 8.58. The van der Waals surface area contributed by atoms with Crippen LogP contribution in [-0.4, -0.2) is 37.1 Å². The molecule has 0 aliphatic carbocycles. The summed E-state index contributed by atoms with van der Waals surface area (Å²) in [5.41, 5.74) is 0.198. The molecule has 17 heavy (non-hydrogen) atoms. The number of ether oxygens (including phenoxy) is 2. The van der Waals surface area contributed by atoms with Gasteiger partial charge in [-0.2, -0.15) is 0 Å². The highest BCUT2D eigenvalue weighted by atomic mass is 16.5. The molecule has 0 heterocycles. The first-order chi connectivity index (χ1) is 7.69. The van der Waals surface area contributed by atoms with Crippen LogP contribution in [0.1, 0.15) is 48.0 Å². The lowest BCUT2D eigenvalue weighted by Crippen LogP contribution is -2.36. The smallest absolute Gasteiger partial charge is 0.0707 e. The zero-order chi connectivity index (χ0) is 13.5. The van der Waals surface area contributed by atoms with Gasteiger partial charge in [-0.3, -0.25) is 0 Å². The predicted octanol–water partition coefficient (Wildman–Crippen LogP) is 2.86. The van der Waals surface area contributed by atoms with E-state index in [0.29, 0.717) is 31.2 Å². The SMILES string of the molecule is CC(CC(C)(C)C)C(C)(C)OCCOCCO. The van der Waals surface area contributed by atoms with Gasteiger partial charge in [0.1, 0.15) is 0 Å². The molecule has 1 atom stereocenters. The molecule has 0 saturated heterocycles. The van der Waals surface area contributed by atoms with Gasteiger partial charge in [-0.05, 0) is 31.6 Å². The van der Waals surface area contributed by atoms with Crippen molar-refractivity contribution >= 4 is 0 Å². The summed E-state index contributed by atoms with van der Waals surface area (Å²) in [6, 6.07) is 0. The molecule has 104 valence electrons. The number of rotatable bonds is 8. The Bertz CT molecular complexity index is 194. The van der Waals surface area contributed by atoms with Gasteiger partial charge in [0.15, 0.2) is 0 Å². The average molecular weight is 246 g/mol. The van der Waals surface area contributed by atoms with Crippen molar-refractivity contribution in [2.75, 3.05) is 26.4 Å². The molecule has 0 radical (unpaired) electrons. The Kier molecular flexibility index (Phi) is 7.29. The van der Waals surface area contributed by atoms with E-state index < -0.39 is 0 Å². The minimum absolute atomic E-state index is 0.0732. The van der Waals surface area contributed by atoms with Gasteiger partial charge < -0.3 is 14.6 Å². The van der Waals surface area contributed by atoms with Crippen LogP contribution in [0.5, 0.6) is 0 Å². The molecule has 0 aromatic carbocycles. The van der Waals surface area contributed by atoms with E-state index >= 15 is 0 Å². The molecule has 0 aliphatic heterocycles. The van der Waals surface area contributed by atoms with Crippen molar-refractivity contribution in [2.45, 2.75) is 53.6 Å². The quantitative estimate of drug-likeness (QED) is 0.669. The molecule has 0 spiro atoms. The molecular weight excluding hydrogens is 216 g/mol. The van der Waals surface area contributed by atoms with E-state index in [2.05, 4.69) is 41.5 Å². The standard InChI is InChI=1S/C14H30O3/c1-12(11-13(2,3)4)14(5,6)17-10-9-16-8-7-15/h12,15H,7-11H2,1-6H3. The van der Waals surface area contributed by atoms with Crippen molar-refractivity contribution in [3.63, 3.8) is 0 Å². The minimum atomic E-state index is -0.129. The molecule has 0 amide bonds. The molecule has 0 aromatic heterocycles. The van der Waals surface area contributed by atoms with Gasteiger partial charge in [-0.15, -0.1) is 0 Å². The van der Waals surface area contributed by atoms with E-state index in [4.69, 9.17) is 14.6 Å². The van der Waals surface area contributed by atoms with Gasteiger partial charge in [0.05, 0.1) is 32.0 Å². The van der Waals surface area contributed by atoms with Gasteiger partial charge in [0, 0.05) is 0 Å². The van der Waals surface area contributed by atoms with Gasteiger partial charge in [0.2, 0.25) is 0 Å². The Morgan fingerprint density at radius 2 is 1.59 bits per heavy atom. The monoisotopic (exact) mass is 246 g/mol. The topological polar surface area (TPSA) is 38.7 Å². The van der Waals surface area contributed by atoms with Crippen molar-refractivity contribution in [3.05, 3.63) is 0 Å². The first-order valence-corrected chi connectivity index (χ1v) is 6.51. The van der Waals surface area contributed by atoms with E-state index in [1.54, 1.807) is 0 Å². The molecule has 0 fully saturated rings. The van der Waals surface area contributed by atoms with Crippen LogP contribution in [0.4, 0.5) is 0 Å². The molecule has 0 aliphatic rings. The highest BCUT2D eigenvalue weighted by molar-refractivity contribution is 4.80. The number of hydrogen-bond donors (Lipinski definition) is 1. The van der Waals surface area contributed by atoms with Crippen molar-refractivity contribution in [1.29, 1.82) is 0 Å². The third kappa shape index (κ3) is 8.58. The van der Waals surface area contributed by atoms with E-state index in [1.807, 2.05) is 0 Å². The molecular formula is C14H30O3. The number of hydrogen-bond acceptors (Lipinski definition) is 3. The normalized spacial score (nSPS) is 15.0. The molecule has 0 bridgehead atoms. The second-order valence-corrected chi connectivity index (χ2v) is 6.45. The van der Waals surface area contributed by atoms with E-state index in [9.17, 15) is 0 Å². The van der Waals surface area contributed by atoms with Crippen LogP contribution in [0.3, 0.4) is 0 Å². The summed E-state index contributed by atoms with van der Waals surface area (Å²) in [4.78, 5) is 0. The zero-order valence-electron chi connectivity index (χ0n) is 12.4. The Morgan fingerprint density at radius 3 is 2.06 bits per heavy atom. The fourth-order valence-corrected chi connectivity index (χ4v) is 1.84. The van der Waals surface area contributed by atoms with Crippen LogP contribution in [0.2, 0.25) is 0 Å². The van der Waals surface area contributed by atoms with Gasteiger partial charge in [0.25, 0.3) is 0 Å². The largest absolute Gasteiger partial charge is 0.394 e. The number of aliphatic hydroxyl groups excluding tert-OH is 1. The fraction of sp³-hybridized carbons (Fsp3) is 1.00. The van der Waals surface area contributed by atoms with Crippen molar-refractivity contribution < 1.29 is 14.6 Å². The third-order valence-corrected chi connectivity index (χ3v) is 3.04. The summed E-state index contributed by atoms with van der Waals surface area (Å²) < 4.78 is 11.1. The second-order valence-electron chi connectivity index (χ2n) is 6.45. The highest BCUT2D eigenvalue weighted by Gasteiger charge is 2.29. The molecule has 1 unspecified atom stereocenters. The van der Waals surface area contributed by atoms with E-state index in [1.165, 1.54) is 0 Å². The summed E-state index contributed by atoms with van der Waals surface area (Å²) in [5.74, 6) is 0.500. The molecule has 0 saturated carbocycles. The van der Waals surface area contributed by atoms with Crippen molar-refractivity contribution in [2.24, 2.45) is 11.3 Å². The van der Waals surface area contributed by atoms with Crippen LogP contribution in [0.15, 0.2) is 0 Å². The third-order valence-electron chi connectivity index (χ3n) is 3.04. The van der Waals surface area contributed by atoms with Crippen molar-refractivity contribution in [1.82, 2.24) is 0 Å². The van der Waals surface area contributed by atoms with Gasteiger partial charge >= 0.3 is 0 Å². The number of aliphatic hydroxyl groups is 1. The Morgan fingerprint density at radius 1 is 1.00 bits per heavy atom. The minimum Gasteiger partial charge on any atom is -0.394 e. The van der Waals surface area contributed by atoms with Crippen LogP contribution in [0, 0.1) is 11.3 Å². The van der Waals surface area contributed by atoms with Crippen LogP contribution >= 0.6 is 0 Å². The average Bonchev–Trinajstić information content (AvgIpc) is 2.14. The molecule has 3 heteroatoms. The lowest BCUT2D eigenvalue weighted by Gasteiger charge is -2.36. The molecule has 3 nitrogen and oxygen atoms in total. The lowest BCUT2D eigenvalue weighted by atomic mass is 9.78. The van der Waals surface area contributed by atoms with Crippen LogP contribution < -0.4 is 0 Å². The van der Waals surface area contributed by atoms with E-state index in [-0.39, 0.29) is 12.2 Å². The summed E-state index contributed by atoms with van der Waals surface area (Å²) in [6.07, 6.45) is 1.14. The molecule has 0 aromatic rings. The predicted molar refractivity (Wildman–Crippen MR) is 71.2 cm³/mol. The Labute approximate surface area is 107 Å². The van der Waals surface area contributed by atoms with Gasteiger partial charge in [-0.1, -0.05) is 27.7 Å². The molecule has 1 N–H and O–H groups in total. The summed E-state index contributed by atoms with van der Waals surface area (Å²) in [7, 11) is 0. The van der Waals surface area contributed by atoms with Crippen molar-refractivity contribution in [3.8, 4) is 0 Å². The summed E-state index contributed by atoms with van der Waals surface area (Å²) in [6.45, 7) is 14.9. The van der Waals surface area contributed by atoms with E-state index in [0.717, 1.165) is 6.42 Å². The highest BCUT2D eigenvalue weighted by Crippen LogP contribution is 2.32. The maximum Gasteiger partial charge on any atom is 0.0707 e. The Balaban J connectivity index is 3.92. The van der Waals surface area contributed by atoms with Crippen LogP contribution in [0.25, 0.3) is 0 Å². The zero-order valence-corrected chi connectivity index (χ0v) is 12.4. The summed E-state index contributed by atoms with van der Waals surface area (Å²) >= 11 is 0. The maximum atomic E-state index is 8.58. The Hall–Kier alpha value is -0.120. The van der Waals surface area contributed by atoms with Crippen LogP contribution in [-0.2, 0) is 9.47 Å². The van der Waals surface area contributed by atoms with Gasteiger partial charge in [-0.25, -0.2) is 0 Å². The second kappa shape index (κ2) is 7.34.